The summed E-state index contributed by atoms with van der Waals surface area (Å²) in [7, 11) is 1.69. The summed E-state index contributed by atoms with van der Waals surface area (Å²) >= 11 is 0. The molecule has 1 fully saturated rings. The summed E-state index contributed by atoms with van der Waals surface area (Å²) in [5.74, 6) is 0.936. The predicted octanol–water partition coefficient (Wildman–Crippen LogP) is 3.48. The Morgan fingerprint density at radius 3 is 2.39 bits per heavy atom. The zero-order chi connectivity index (χ0) is 20.6. The van der Waals surface area contributed by atoms with E-state index in [1.54, 1.807) is 11.6 Å². The van der Waals surface area contributed by atoms with Crippen LogP contribution in [0, 0.1) is 0 Å². The summed E-state index contributed by atoms with van der Waals surface area (Å²) < 4.78 is 3.16. The van der Waals surface area contributed by atoms with E-state index in [2.05, 4.69) is 25.9 Å². The lowest BCUT2D eigenvalue weighted by molar-refractivity contribution is 0.0702. The quantitative estimate of drug-likeness (QED) is 0.814. The van der Waals surface area contributed by atoms with Gasteiger partial charge in [-0.15, -0.1) is 0 Å². The molecule has 6 nitrogen and oxygen atoms in total. The maximum Gasteiger partial charge on any atom is 0.345 e. The lowest BCUT2D eigenvalue weighted by atomic mass is 9.86. The highest BCUT2D eigenvalue weighted by atomic mass is 16.2. The normalized spacial score (nSPS) is 18.0. The number of aromatic nitrogens is 3. The largest absolute Gasteiger partial charge is 0.345 e. The van der Waals surface area contributed by atoms with E-state index in [0.29, 0.717) is 6.54 Å². The molecule has 1 atom stereocenters. The van der Waals surface area contributed by atoms with Gasteiger partial charge in [0.15, 0.2) is 0 Å². The number of carbonyl (C=O) groups excluding carboxylic acids is 1. The molecule has 0 spiro atoms. The fourth-order valence-corrected chi connectivity index (χ4v) is 3.93. The van der Waals surface area contributed by atoms with Gasteiger partial charge in [0, 0.05) is 37.7 Å². The van der Waals surface area contributed by atoms with Crippen molar-refractivity contribution >= 4 is 5.91 Å². The van der Waals surface area contributed by atoms with Crippen molar-refractivity contribution in [3.63, 3.8) is 0 Å². The minimum Gasteiger partial charge on any atom is -0.338 e. The molecule has 0 radical (unpaired) electrons. The van der Waals surface area contributed by atoms with Crippen LogP contribution in [0.15, 0.2) is 29.1 Å². The molecule has 28 heavy (non-hydrogen) atoms. The second kappa shape index (κ2) is 7.57. The second-order valence-electron chi connectivity index (χ2n) is 9.15. The number of hydrogen-bond donors (Lipinski definition) is 0. The average Bonchev–Trinajstić information content (AvgIpc) is 2.96. The number of amides is 1. The van der Waals surface area contributed by atoms with Gasteiger partial charge in [0.2, 0.25) is 0 Å². The molecule has 1 amide bonds. The fraction of sp³-hybridized carbons (Fsp3) is 0.591. The molecule has 1 aromatic carbocycles. The summed E-state index contributed by atoms with van der Waals surface area (Å²) in [5.41, 5.74) is 1.91. The Bertz CT molecular complexity index is 900. The first-order valence-corrected chi connectivity index (χ1v) is 10.1. The average molecular weight is 385 g/mol. The van der Waals surface area contributed by atoms with Crippen LogP contribution in [0.3, 0.4) is 0 Å². The van der Waals surface area contributed by atoms with Crippen molar-refractivity contribution in [1.82, 2.24) is 19.2 Å². The van der Waals surface area contributed by atoms with Crippen LogP contribution in [0.2, 0.25) is 0 Å². The Hall–Kier alpha value is -2.37. The molecule has 0 bridgehead atoms. The SMILES string of the molecule is CC(C)n1c(C2CCCN(C(=O)c3ccc(C(C)(C)C)cc3)C2)nn(C)c1=O. The first-order valence-electron chi connectivity index (χ1n) is 10.1. The van der Waals surface area contributed by atoms with Gasteiger partial charge < -0.3 is 4.90 Å². The summed E-state index contributed by atoms with van der Waals surface area (Å²) in [4.78, 5) is 27.4. The lowest BCUT2D eigenvalue weighted by Crippen LogP contribution is -2.40. The molecule has 1 unspecified atom stereocenters. The molecule has 0 aliphatic carbocycles. The Morgan fingerprint density at radius 2 is 1.82 bits per heavy atom. The zero-order valence-electron chi connectivity index (χ0n) is 17.9. The smallest absolute Gasteiger partial charge is 0.338 e. The van der Waals surface area contributed by atoms with E-state index in [1.807, 2.05) is 43.0 Å². The Morgan fingerprint density at radius 1 is 1.18 bits per heavy atom. The molecule has 1 aromatic heterocycles. The third kappa shape index (κ3) is 3.91. The van der Waals surface area contributed by atoms with Gasteiger partial charge in [0.25, 0.3) is 5.91 Å². The van der Waals surface area contributed by atoms with E-state index in [0.717, 1.165) is 30.8 Å². The first-order chi connectivity index (χ1) is 13.1. The van der Waals surface area contributed by atoms with Crippen LogP contribution in [0.1, 0.15) is 81.2 Å². The molecular weight excluding hydrogens is 352 g/mol. The zero-order valence-corrected chi connectivity index (χ0v) is 17.9. The molecule has 2 heterocycles. The van der Waals surface area contributed by atoms with Crippen molar-refractivity contribution in [1.29, 1.82) is 0 Å². The van der Waals surface area contributed by atoms with Crippen LogP contribution >= 0.6 is 0 Å². The van der Waals surface area contributed by atoms with Crippen molar-refractivity contribution in [2.75, 3.05) is 13.1 Å². The first kappa shape index (κ1) is 20.4. The number of piperidine rings is 1. The Labute approximate surface area is 167 Å². The van der Waals surface area contributed by atoms with Gasteiger partial charge in [0.1, 0.15) is 5.82 Å². The Balaban J connectivity index is 1.81. The van der Waals surface area contributed by atoms with Crippen molar-refractivity contribution < 1.29 is 4.79 Å². The van der Waals surface area contributed by atoms with Crippen molar-refractivity contribution in [2.24, 2.45) is 7.05 Å². The number of hydrogen-bond acceptors (Lipinski definition) is 3. The van der Waals surface area contributed by atoms with E-state index in [-0.39, 0.29) is 29.0 Å². The van der Waals surface area contributed by atoms with Crippen LogP contribution in [0.5, 0.6) is 0 Å². The molecule has 2 aromatic rings. The summed E-state index contributed by atoms with van der Waals surface area (Å²) in [6, 6.07) is 8.00. The summed E-state index contributed by atoms with van der Waals surface area (Å²) in [6.07, 6.45) is 1.86. The number of rotatable bonds is 3. The van der Waals surface area contributed by atoms with E-state index in [9.17, 15) is 9.59 Å². The molecule has 1 saturated heterocycles. The van der Waals surface area contributed by atoms with Crippen molar-refractivity contribution in [2.45, 2.75) is 64.8 Å². The van der Waals surface area contributed by atoms with E-state index in [1.165, 1.54) is 10.2 Å². The maximum absolute atomic E-state index is 13.1. The van der Waals surface area contributed by atoms with Crippen LogP contribution in [0.25, 0.3) is 0 Å². The fourth-order valence-electron chi connectivity index (χ4n) is 3.93. The highest BCUT2D eigenvalue weighted by Crippen LogP contribution is 2.28. The molecule has 6 heteroatoms. The number of nitrogens with zero attached hydrogens (tertiary/aromatic N) is 4. The van der Waals surface area contributed by atoms with Crippen LogP contribution in [-0.4, -0.2) is 38.2 Å². The molecule has 0 saturated carbocycles. The Kier molecular flexibility index (Phi) is 5.50. The molecule has 1 aliphatic rings. The number of likely N-dealkylation sites (tertiary alicyclic amines) is 1. The lowest BCUT2D eigenvalue weighted by Gasteiger charge is -2.33. The van der Waals surface area contributed by atoms with E-state index in [4.69, 9.17) is 0 Å². The summed E-state index contributed by atoms with van der Waals surface area (Å²) in [5, 5.41) is 4.49. The number of benzene rings is 1. The van der Waals surface area contributed by atoms with Crippen LogP contribution in [-0.2, 0) is 12.5 Å². The maximum atomic E-state index is 13.1. The highest BCUT2D eigenvalue weighted by Gasteiger charge is 2.30. The monoisotopic (exact) mass is 384 g/mol. The minimum absolute atomic E-state index is 0.0484. The summed E-state index contributed by atoms with van der Waals surface area (Å²) in [6.45, 7) is 11.8. The molecule has 0 N–H and O–H groups in total. The standard InChI is InChI=1S/C22H32N4O2/c1-15(2)26-19(23-24(6)21(26)28)17-8-7-13-25(14-17)20(27)16-9-11-18(12-10-16)22(3,4)5/h9-12,15,17H,7-8,13-14H2,1-6H3. The number of carbonyl (C=O) groups is 1. The molecule has 3 rings (SSSR count). The van der Waals surface area contributed by atoms with Gasteiger partial charge in [-0.05, 0) is 49.8 Å². The van der Waals surface area contributed by atoms with Gasteiger partial charge in [-0.25, -0.2) is 9.48 Å². The third-order valence-electron chi connectivity index (χ3n) is 5.57. The predicted molar refractivity (Wildman–Crippen MR) is 111 cm³/mol. The van der Waals surface area contributed by atoms with Gasteiger partial charge in [-0.3, -0.25) is 9.36 Å². The number of aryl methyl sites for hydroxylation is 1. The third-order valence-corrected chi connectivity index (χ3v) is 5.57. The molecular formula is C22H32N4O2. The van der Waals surface area contributed by atoms with E-state index < -0.39 is 0 Å². The highest BCUT2D eigenvalue weighted by molar-refractivity contribution is 5.94. The topological polar surface area (TPSA) is 60.1 Å². The molecule has 152 valence electrons. The van der Waals surface area contributed by atoms with E-state index >= 15 is 0 Å². The molecule has 1 aliphatic heterocycles. The van der Waals surface area contributed by atoms with Crippen LogP contribution < -0.4 is 5.69 Å². The van der Waals surface area contributed by atoms with Gasteiger partial charge in [0.05, 0.1) is 0 Å². The van der Waals surface area contributed by atoms with Gasteiger partial charge >= 0.3 is 5.69 Å². The van der Waals surface area contributed by atoms with Crippen molar-refractivity contribution in [3.05, 3.63) is 51.7 Å². The minimum atomic E-state index is -0.0915. The van der Waals surface area contributed by atoms with Crippen LogP contribution in [0.4, 0.5) is 0 Å². The van der Waals surface area contributed by atoms with Crippen molar-refractivity contribution in [3.8, 4) is 0 Å². The second-order valence-corrected chi connectivity index (χ2v) is 9.15. The van der Waals surface area contributed by atoms with Gasteiger partial charge in [-0.2, -0.15) is 5.10 Å². The van der Waals surface area contributed by atoms with Gasteiger partial charge in [-0.1, -0.05) is 32.9 Å².